The van der Waals surface area contributed by atoms with E-state index in [1.54, 1.807) is 6.20 Å². The molecule has 0 heterocycles. The van der Waals surface area contributed by atoms with Crippen molar-refractivity contribution in [2.24, 2.45) is 5.92 Å². The Morgan fingerprint density at radius 2 is 2.33 bits per heavy atom. The molecule has 1 unspecified atom stereocenters. The second-order valence-corrected chi connectivity index (χ2v) is 3.80. The molecule has 1 rings (SSSR count). The molecule has 1 saturated carbocycles. The van der Waals surface area contributed by atoms with Gasteiger partial charge < -0.3 is 5.32 Å². The summed E-state index contributed by atoms with van der Waals surface area (Å²) in [5, 5.41) is 3.25. The molecular weight excluding hydrogens is 146 g/mol. The van der Waals surface area contributed by atoms with Crippen LogP contribution in [0.4, 0.5) is 0 Å². The molecule has 0 bridgehead atoms. The minimum atomic E-state index is 0.452. The van der Waals surface area contributed by atoms with Crippen molar-refractivity contribution in [2.45, 2.75) is 38.6 Å². The molecular formula is C11H19N. The van der Waals surface area contributed by atoms with E-state index in [0.717, 1.165) is 5.92 Å². The molecule has 0 saturated heterocycles. The molecule has 0 aromatic heterocycles. The van der Waals surface area contributed by atoms with E-state index in [-0.39, 0.29) is 0 Å². The lowest BCUT2D eigenvalue weighted by molar-refractivity contribution is 0.277. The highest BCUT2D eigenvalue weighted by atomic mass is 14.9. The third kappa shape index (κ3) is 2.40. The Morgan fingerprint density at radius 3 is 2.67 bits per heavy atom. The van der Waals surface area contributed by atoms with E-state index in [2.05, 4.69) is 25.4 Å². The Kier molecular flexibility index (Phi) is 3.39. The molecule has 1 heteroatoms. The third-order valence-electron chi connectivity index (χ3n) is 2.71. The van der Waals surface area contributed by atoms with E-state index in [0.29, 0.717) is 6.04 Å². The summed E-state index contributed by atoms with van der Waals surface area (Å²) in [4.78, 5) is 0. The predicted octanol–water partition coefficient (Wildman–Crippen LogP) is 2.85. The predicted molar refractivity (Wildman–Crippen MR) is 53.9 cm³/mol. The van der Waals surface area contributed by atoms with Gasteiger partial charge in [-0.25, -0.2) is 0 Å². The zero-order chi connectivity index (χ0) is 8.97. The smallest absolute Gasteiger partial charge is 0.0465 e. The molecule has 0 aromatic carbocycles. The summed E-state index contributed by atoms with van der Waals surface area (Å²) in [6.45, 7) is 9.74. The van der Waals surface area contributed by atoms with Crippen LogP contribution in [0.1, 0.15) is 32.6 Å². The summed E-state index contributed by atoms with van der Waals surface area (Å²) >= 11 is 0. The van der Waals surface area contributed by atoms with Crippen LogP contribution in [0.3, 0.4) is 0 Å². The summed E-state index contributed by atoms with van der Waals surface area (Å²) in [5.74, 6) is 0.930. The molecule has 1 aliphatic rings. The lowest BCUT2D eigenvalue weighted by Gasteiger charge is -2.30. The monoisotopic (exact) mass is 165 g/mol. The summed E-state index contributed by atoms with van der Waals surface area (Å²) in [6.07, 6.45) is 7.24. The van der Waals surface area contributed by atoms with Crippen LogP contribution in [0.2, 0.25) is 0 Å². The van der Waals surface area contributed by atoms with Crippen molar-refractivity contribution in [1.29, 1.82) is 0 Å². The van der Waals surface area contributed by atoms with Crippen molar-refractivity contribution in [1.82, 2.24) is 5.32 Å². The molecule has 0 aromatic rings. The highest BCUT2D eigenvalue weighted by molar-refractivity contribution is 5.04. The normalized spacial score (nSPS) is 19.4. The lowest BCUT2D eigenvalue weighted by atomic mass is 9.80. The molecule has 0 radical (unpaired) electrons. The van der Waals surface area contributed by atoms with Crippen LogP contribution in [0.15, 0.2) is 24.9 Å². The summed E-state index contributed by atoms with van der Waals surface area (Å²) < 4.78 is 0. The second kappa shape index (κ2) is 4.34. The fraction of sp³-hybridized carbons (Fsp3) is 0.636. The zero-order valence-electron chi connectivity index (χ0n) is 7.97. The maximum atomic E-state index is 3.98. The first-order valence-corrected chi connectivity index (χ1v) is 4.76. The molecule has 68 valence electrons. The van der Waals surface area contributed by atoms with E-state index in [9.17, 15) is 0 Å². The Balaban J connectivity index is 2.30. The van der Waals surface area contributed by atoms with Gasteiger partial charge in [-0.05, 0) is 25.5 Å². The van der Waals surface area contributed by atoms with Gasteiger partial charge in [0.1, 0.15) is 0 Å². The van der Waals surface area contributed by atoms with Gasteiger partial charge in [-0.2, -0.15) is 0 Å². The topological polar surface area (TPSA) is 12.0 Å². The molecule has 1 nitrogen and oxygen atoms in total. The third-order valence-corrected chi connectivity index (χ3v) is 2.71. The largest absolute Gasteiger partial charge is 0.385 e. The minimum Gasteiger partial charge on any atom is -0.385 e. The summed E-state index contributed by atoms with van der Waals surface area (Å²) in [5.41, 5.74) is 1.22. The maximum absolute atomic E-state index is 3.98. The first kappa shape index (κ1) is 9.37. The van der Waals surface area contributed by atoms with Gasteiger partial charge >= 0.3 is 0 Å². The molecule has 1 aliphatic carbocycles. The van der Waals surface area contributed by atoms with Crippen molar-refractivity contribution < 1.29 is 0 Å². The van der Waals surface area contributed by atoms with E-state index >= 15 is 0 Å². The van der Waals surface area contributed by atoms with Crippen LogP contribution in [0.5, 0.6) is 0 Å². The summed E-state index contributed by atoms with van der Waals surface area (Å²) in [6, 6.07) is 0.452. The lowest BCUT2D eigenvalue weighted by Crippen LogP contribution is -2.29. The molecule has 0 aliphatic heterocycles. The second-order valence-electron chi connectivity index (χ2n) is 3.80. The zero-order valence-corrected chi connectivity index (χ0v) is 7.97. The van der Waals surface area contributed by atoms with Gasteiger partial charge in [-0.3, -0.25) is 0 Å². The Hall–Kier alpha value is -0.720. The Bertz CT molecular complexity index is 168. The fourth-order valence-corrected chi connectivity index (χ4v) is 1.62. The fourth-order valence-electron chi connectivity index (χ4n) is 1.62. The van der Waals surface area contributed by atoms with Gasteiger partial charge in [0.05, 0.1) is 0 Å². The van der Waals surface area contributed by atoms with Crippen LogP contribution in [0.25, 0.3) is 0 Å². The van der Waals surface area contributed by atoms with E-state index in [4.69, 9.17) is 0 Å². The highest BCUT2D eigenvalue weighted by Gasteiger charge is 2.21. The van der Waals surface area contributed by atoms with Crippen molar-refractivity contribution in [3.8, 4) is 0 Å². The van der Waals surface area contributed by atoms with Crippen molar-refractivity contribution in [3.05, 3.63) is 24.9 Å². The number of hydrogen-bond acceptors (Lipinski definition) is 1. The van der Waals surface area contributed by atoms with Gasteiger partial charge in [0, 0.05) is 6.04 Å². The number of hydrogen-bond donors (Lipinski definition) is 1. The van der Waals surface area contributed by atoms with Crippen molar-refractivity contribution >= 4 is 0 Å². The van der Waals surface area contributed by atoms with Gasteiger partial charge in [0.25, 0.3) is 0 Å². The van der Waals surface area contributed by atoms with Gasteiger partial charge in [-0.15, -0.1) is 0 Å². The van der Waals surface area contributed by atoms with E-state index in [1.165, 1.54) is 31.3 Å². The average Bonchev–Trinajstić information content (AvgIpc) is 1.93. The Morgan fingerprint density at radius 1 is 1.67 bits per heavy atom. The van der Waals surface area contributed by atoms with Gasteiger partial charge in [0.2, 0.25) is 0 Å². The Labute approximate surface area is 75.6 Å². The van der Waals surface area contributed by atoms with Crippen LogP contribution < -0.4 is 5.32 Å². The minimum absolute atomic E-state index is 0.452. The summed E-state index contributed by atoms with van der Waals surface area (Å²) in [7, 11) is 0. The first-order valence-electron chi connectivity index (χ1n) is 4.76. The first-order chi connectivity index (χ1) is 5.74. The maximum Gasteiger partial charge on any atom is 0.0465 e. The van der Waals surface area contributed by atoms with Crippen molar-refractivity contribution in [3.63, 3.8) is 0 Å². The number of rotatable bonds is 5. The van der Waals surface area contributed by atoms with E-state index in [1.807, 2.05) is 0 Å². The van der Waals surface area contributed by atoms with Gasteiger partial charge in [-0.1, -0.05) is 38.0 Å². The number of nitrogens with one attached hydrogen (secondary N) is 1. The SMILES string of the molecule is C=CNC(CC1CCC1)C(=C)C. The standard InChI is InChI=1S/C11H19N/c1-4-12-11(9(2)3)8-10-6-5-7-10/h4,10-12H,1-2,5-8H2,3H3. The molecule has 12 heavy (non-hydrogen) atoms. The van der Waals surface area contributed by atoms with Crippen LogP contribution >= 0.6 is 0 Å². The molecule has 1 N–H and O–H groups in total. The van der Waals surface area contributed by atoms with Crippen LogP contribution in [-0.2, 0) is 0 Å². The quantitative estimate of drug-likeness (QED) is 0.618. The van der Waals surface area contributed by atoms with Gasteiger partial charge in [0.15, 0.2) is 0 Å². The molecule has 1 fully saturated rings. The molecule has 0 amide bonds. The van der Waals surface area contributed by atoms with Crippen molar-refractivity contribution in [2.75, 3.05) is 0 Å². The van der Waals surface area contributed by atoms with Crippen LogP contribution in [0, 0.1) is 5.92 Å². The molecule has 0 spiro atoms. The molecule has 1 atom stereocenters. The van der Waals surface area contributed by atoms with Crippen LogP contribution in [-0.4, -0.2) is 6.04 Å². The highest BCUT2D eigenvalue weighted by Crippen LogP contribution is 2.31. The van der Waals surface area contributed by atoms with E-state index < -0.39 is 0 Å². The average molecular weight is 165 g/mol.